The van der Waals surface area contributed by atoms with Crippen molar-refractivity contribution in [2.24, 2.45) is 0 Å². The highest BCUT2D eigenvalue weighted by Crippen LogP contribution is 2.23. The zero-order chi connectivity index (χ0) is 21.6. The highest BCUT2D eigenvalue weighted by Gasteiger charge is 2.17. The second-order valence-electron chi connectivity index (χ2n) is 6.50. The van der Waals surface area contributed by atoms with Crippen LogP contribution in [0.15, 0.2) is 64.0 Å². The zero-order valence-corrected chi connectivity index (χ0v) is 17.5. The lowest BCUT2D eigenvalue weighted by molar-refractivity contribution is 0.102. The predicted molar refractivity (Wildman–Crippen MR) is 113 cm³/mol. The maximum atomic E-state index is 12.5. The number of carbonyl (C=O) groups excluding carboxylic acids is 1. The Morgan fingerprint density at radius 2 is 1.90 bits per heavy atom. The first kappa shape index (κ1) is 21.7. The number of nitrogens with zero attached hydrogens (tertiary/aromatic N) is 1. The molecule has 0 saturated carbocycles. The van der Waals surface area contributed by atoms with Crippen molar-refractivity contribution in [3.63, 3.8) is 0 Å². The van der Waals surface area contributed by atoms with E-state index in [1.807, 2.05) is 24.3 Å². The molecule has 1 amide bonds. The van der Waals surface area contributed by atoms with Gasteiger partial charge in [-0.1, -0.05) is 42.4 Å². The Morgan fingerprint density at radius 1 is 1.13 bits per heavy atom. The van der Waals surface area contributed by atoms with Crippen molar-refractivity contribution in [1.82, 2.24) is 9.88 Å². The molecule has 0 bridgehead atoms. The molecule has 2 aromatic carbocycles. The van der Waals surface area contributed by atoms with E-state index in [1.54, 1.807) is 6.07 Å². The van der Waals surface area contributed by atoms with Crippen LogP contribution in [-0.2, 0) is 21.2 Å². The molecule has 1 heterocycles. The number of nitrogens with one attached hydrogen (secondary N) is 2. The minimum absolute atomic E-state index is 0.0134. The van der Waals surface area contributed by atoms with Gasteiger partial charge < -0.3 is 9.26 Å². The normalized spacial score (nSPS) is 11.4. The number of methoxy groups -OCH3 is 1. The van der Waals surface area contributed by atoms with Crippen LogP contribution in [0.2, 0.25) is 0 Å². The molecule has 0 aliphatic carbocycles. The molecule has 2 N–H and O–H groups in total. The van der Waals surface area contributed by atoms with E-state index < -0.39 is 15.9 Å². The molecule has 0 unspecified atom stereocenters. The van der Waals surface area contributed by atoms with Gasteiger partial charge in [-0.3, -0.25) is 10.1 Å². The van der Waals surface area contributed by atoms with Gasteiger partial charge in [0.25, 0.3) is 5.91 Å². The lowest BCUT2D eigenvalue weighted by Crippen LogP contribution is -2.27. The van der Waals surface area contributed by atoms with E-state index >= 15 is 0 Å². The number of aryl methyl sites for hydroxylation is 1. The van der Waals surface area contributed by atoms with Gasteiger partial charge in [-0.15, -0.1) is 0 Å². The van der Waals surface area contributed by atoms with Crippen LogP contribution in [0.4, 0.5) is 5.88 Å². The summed E-state index contributed by atoms with van der Waals surface area (Å²) in [6.45, 7) is 2.46. The highest BCUT2D eigenvalue weighted by molar-refractivity contribution is 7.89. The summed E-state index contributed by atoms with van der Waals surface area (Å²) in [5.41, 5.74) is 2.84. The second-order valence-corrected chi connectivity index (χ2v) is 8.27. The van der Waals surface area contributed by atoms with Crippen LogP contribution < -0.4 is 10.0 Å². The van der Waals surface area contributed by atoms with Gasteiger partial charge in [0.15, 0.2) is 0 Å². The van der Waals surface area contributed by atoms with Gasteiger partial charge in [0.05, 0.1) is 11.5 Å². The number of rotatable bonds is 9. The van der Waals surface area contributed by atoms with Gasteiger partial charge in [0.1, 0.15) is 5.69 Å². The number of anilines is 1. The van der Waals surface area contributed by atoms with Crippen LogP contribution in [0.1, 0.15) is 22.8 Å². The number of carbonyl (C=O) groups is 1. The predicted octanol–water partition coefficient (Wildman–Crippen LogP) is 3.08. The van der Waals surface area contributed by atoms with E-state index in [2.05, 4.69) is 22.1 Å². The van der Waals surface area contributed by atoms with Crippen LogP contribution in [0, 0.1) is 0 Å². The Kier molecular flexibility index (Phi) is 6.99. The Bertz CT molecular complexity index is 1110. The first-order chi connectivity index (χ1) is 14.4. The Morgan fingerprint density at radius 3 is 2.60 bits per heavy atom. The maximum absolute atomic E-state index is 12.5. The molecule has 0 spiro atoms. The third kappa shape index (κ3) is 5.32. The molecule has 0 radical (unpaired) electrons. The highest BCUT2D eigenvalue weighted by atomic mass is 32.2. The topological polar surface area (TPSA) is 111 Å². The smallest absolute Gasteiger partial charge is 0.258 e. The lowest BCUT2D eigenvalue weighted by atomic mass is 10.1. The minimum Gasteiger partial charge on any atom is -0.383 e. The number of hydrogen-bond acceptors (Lipinski definition) is 6. The molecule has 30 heavy (non-hydrogen) atoms. The van der Waals surface area contributed by atoms with E-state index in [-0.39, 0.29) is 29.5 Å². The van der Waals surface area contributed by atoms with Gasteiger partial charge in [-0.2, -0.15) is 0 Å². The quantitative estimate of drug-likeness (QED) is 0.506. The fraction of sp³-hybridized carbons (Fsp3) is 0.238. The van der Waals surface area contributed by atoms with Crippen molar-refractivity contribution >= 4 is 21.8 Å². The fourth-order valence-electron chi connectivity index (χ4n) is 2.73. The Balaban J connectivity index is 1.71. The first-order valence-corrected chi connectivity index (χ1v) is 10.9. The van der Waals surface area contributed by atoms with E-state index in [0.717, 1.165) is 12.0 Å². The number of sulfonamides is 1. The summed E-state index contributed by atoms with van der Waals surface area (Å²) in [5.74, 6) is -0.339. The summed E-state index contributed by atoms with van der Waals surface area (Å²) in [5, 5.41) is 6.58. The molecule has 3 aromatic rings. The van der Waals surface area contributed by atoms with Crippen LogP contribution in [-0.4, -0.2) is 39.7 Å². The minimum atomic E-state index is -3.74. The number of benzene rings is 2. The number of amides is 1. The first-order valence-electron chi connectivity index (χ1n) is 9.39. The molecule has 0 aliphatic rings. The van der Waals surface area contributed by atoms with Crippen LogP contribution >= 0.6 is 0 Å². The molecule has 158 valence electrons. The molecule has 0 fully saturated rings. The van der Waals surface area contributed by atoms with Crippen LogP contribution in [0.5, 0.6) is 0 Å². The Labute approximate surface area is 175 Å². The summed E-state index contributed by atoms with van der Waals surface area (Å²) in [6.07, 6.45) is 0.942. The van der Waals surface area contributed by atoms with Crippen LogP contribution in [0.25, 0.3) is 11.3 Å². The van der Waals surface area contributed by atoms with Gasteiger partial charge in [-0.25, -0.2) is 13.1 Å². The van der Waals surface area contributed by atoms with Crippen molar-refractivity contribution in [3.8, 4) is 11.3 Å². The van der Waals surface area contributed by atoms with Crippen molar-refractivity contribution in [1.29, 1.82) is 0 Å². The third-order valence-electron chi connectivity index (χ3n) is 4.41. The molecule has 0 aliphatic heterocycles. The monoisotopic (exact) mass is 429 g/mol. The van der Waals surface area contributed by atoms with Crippen molar-refractivity contribution in [2.75, 3.05) is 25.6 Å². The second kappa shape index (κ2) is 9.66. The molecular weight excluding hydrogens is 406 g/mol. The van der Waals surface area contributed by atoms with Gasteiger partial charge >= 0.3 is 0 Å². The average molecular weight is 429 g/mol. The standard InChI is InChI=1S/C21H23N3O5S/c1-3-15-7-9-16(10-8-15)19-14-20(29-24-19)23-21(25)17-5-4-6-18(13-17)30(26,27)22-11-12-28-2/h4-10,13-14,22H,3,11-12H2,1-2H3,(H,23,25). The Hall–Kier alpha value is -3.01. The molecule has 3 rings (SSSR count). The summed E-state index contributed by atoms with van der Waals surface area (Å²) in [4.78, 5) is 12.5. The van der Waals surface area contributed by atoms with Crippen molar-refractivity contribution in [3.05, 3.63) is 65.7 Å². The summed E-state index contributed by atoms with van der Waals surface area (Å²) >= 11 is 0. The summed E-state index contributed by atoms with van der Waals surface area (Å²) in [6, 6.07) is 15.2. The molecule has 8 nitrogen and oxygen atoms in total. The lowest BCUT2D eigenvalue weighted by Gasteiger charge is -2.08. The van der Waals surface area contributed by atoms with Gasteiger partial charge in [0.2, 0.25) is 15.9 Å². The average Bonchev–Trinajstić information content (AvgIpc) is 3.22. The number of aromatic nitrogens is 1. The van der Waals surface area contributed by atoms with Crippen molar-refractivity contribution in [2.45, 2.75) is 18.2 Å². The maximum Gasteiger partial charge on any atom is 0.258 e. The SMILES string of the molecule is CCc1ccc(-c2cc(NC(=O)c3cccc(S(=O)(=O)NCCOC)c3)on2)cc1. The fourth-order valence-corrected chi connectivity index (χ4v) is 3.79. The number of hydrogen-bond donors (Lipinski definition) is 2. The zero-order valence-electron chi connectivity index (χ0n) is 16.7. The number of ether oxygens (including phenoxy) is 1. The van der Waals surface area contributed by atoms with Crippen LogP contribution in [0.3, 0.4) is 0 Å². The third-order valence-corrected chi connectivity index (χ3v) is 5.87. The van der Waals surface area contributed by atoms with Gasteiger partial charge in [0, 0.05) is 30.8 Å². The summed E-state index contributed by atoms with van der Waals surface area (Å²) in [7, 11) is -2.26. The van der Waals surface area contributed by atoms with Crippen molar-refractivity contribution < 1.29 is 22.5 Å². The molecule has 1 aromatic heterocycles. The molecule has 0 saturated heterocycles. The van der Waals surface area contributed by atoms with E-state index in [4.69, 9.17) is 9.26 Å². The van der Waals surface area contributed by atoms with E-state index in [1.165, 1.54) is 36.9 Å². The largest absolute Gasteiger partial charge is 0.383 e. The molecular formula is C21H23N3O5S. The molecule has 9 heteroatoms. The van der Waals surface area contributed by atoms with E-state index in [0.29, 0.717) is 5.69 Å². The van der Waals surface area contributed by atoms with E-state index in [9.17, 15) is 13.2 Å². The molecule has 0 atom stereocenters. The summed E-state index contributed by atoms with van der Waals surface area (Å²) < 4.78 is 37.1. The van der Waals surface area contributed by atoms with Gasteiger partial charge in [-0.05, 0) is 30.2 Å².